The minimum atomic E-state index is -1.35. The van der Waals surface area contributed by atoms with Gasteiger partial charge in [-0.3, -0.25) is 9.59 Å². The predicted molar refractivity (Wildman–Crippen MR) is 64.9 cm³/mol. The second-order valence-electron chi connectivity index (χ2n) is 4.31. The summed E-state index contributed by atoms with van der Waals surface area (Å²) in [6, 6.07) is 0. The van der Waals surface area contributed by atoms with Crippen LogP contribution in [-0.4, -0.2) is 44.9 Å². The van der Waals surface area contributed by atoms with Crippen LogP contribution in [0.25, 0.3) is 0 Å². The Morgan fingerprint density at radius 2 is 1.47 bits per heavy atom. The maximum atomic E-state index is 11.2. The molecular weight excluding hydrogens is 256 g/mol. The molecule has 0 aliphatic carbocycles. The van der Waals surface area contributed by atoms with Gasteiger partial charge in [0.05, 0.1) is 0 Å². The summed E-state index contributed by atoms with van der Waals surface area (Å²) < 4.78 is 4.71. The molecule has 0 rings (SSSR count). The molecule has 0 fully saturated rings. The first-order valence-electron chi connectivity index (χ1n) is 6.37. The van der Waals surface area contributed by atoms with Crippen LogP contribution >= 0.6 is 0 Å². The van der Waals surface area contributed by atoms with Crippen molar-refractivity contribution in [3.8, 4) is 0 Å². The predicted octanol–water partition coefficient (Wildman–Crippen LogP) is 0.364. The average Bonchev–Trinajstić information content (AvgIpc) is 2.30. The van der Waals surface area contributed by atoms with E-state index in [0.29, 0.717) is 25.7 Å². The van der Waals surface area contributed by atoms with Crippen molar-refractivity contribution >= 4 is 11.9 Å². The molecule has 7 nitrogen and oxygen atoms in total. The van der Waals surface area contributed by atoms with Crippen molar-refractivity contribution in [2.45, 2.75) is 63.9 Å². The van der Waals surface area contributed by atoms with Crippen LogP contribution in [0, 0.1) is 0 Å². The van der Waals surface area contributed by atoms with E-state index in [9.17, 15) is 14.7 Å². The van der Waals surface area contributed by atoms with E-state index in [1.54, 1.807) is 0 Å². The first-order chi connectivity index (χ1) is 8.91. The first kappa shape index (κ1) is 17.8. The molecule has 1 atom stereocenters. The Hall–Kier alpha value is -1.18. The summed E-state index contributed by atoms with van der Waals surface area (Å²) in [5, 5.41) is 34.9. The summed E-state index contributed by atoms with van der Waals surface area (Å²) in [6.45, 7) is 0. The van der Waals surface area contributed by atoms with Gasteiger partial charge in [-0.2, -0.15) is 0 Å². The average molecular weight is 278 g/mol. The van der Waals surface area contributed by atoms with E-state index in [1.165, 1.54) is 0 Å². The summed E-state index contributed by atoms with van der Waals surface area (Å²) in [5.41, 5.74) is 0. The summed E-state index contributed by atoms with van der Waals surface area (Å²) in [4.78, 5) is 21.5. The van der Waals surface area contributed by atoms with Crippen LogP contribution in [0.15, 0.2) is 0 Å². The zero-order valence-electron chi connectivity index (χ0n) is 10.8. The van der Waals surface area contributed by atoms with Gasteiger partial charge >= 0.3 is 11.9 Å². The highest BCUT2D eigenvalue weighted by atomic mass is 16.6. The zero-order valence-corrected chi connectivity index (χ0v) is 10.8. The van der Waals surface area contributed by atoms with E-state index < -0.39 is 24.5 Å². The quantitative estimate of drug-likeness (QED) is 0.244. The number of ether oxygens (including phenoxy) is 1. The molecule has 1 unspecified atom stereocenters. The number of rotatable bonds is 11. The second kappa shape index (κ2) is 10.7. The zero-order chi connectivity index (χ0) is 14.7. The van der Waals surface area contributed by atoms with Crippen LogP contribution in [0.4, 0.5) is 0 Å². The number of carboxylic acids is 1. The number of hydrogen-bond acceptors (Lipinski definition) is 6. The fraction of sp³-hybridized carbons (Fsp3) is 0.833. The lowest BCUT2D eigenvalue weighted by Gasteiger charge is -2.12. The van der Waals surface area contributed by atoms with Crippen molar-refractivity contribution in [2.24, 2.45) is 0 Å². The van der Waals surface area contributed by atoms with E-state index in [-0.39, 0.29) is 25.7 Å². The van der Waals surface area contributed by atoms with Crippen molar-refractivity contribution in [1.82, 2.24) is 0 Å². The van der Waals surface area contributed by atoms with Gasteiger partial charge in [0.25, 0.3) is 0 Å². The fourth-order valence-electron chi connectivity index (χ4n) is 1.46. The summed E-state index contributed by atoms with van der Waals surface area (Å²) in [5.74, 6) is -1.46. The highest BCUT2D eigenvalue weighted by molar-refractivity contribution is 5.69. The molecule has 0 saturated heterocycles. The van der Waals surface area contributed by atoms with Crippen molar-refractivity contribution in [3.63, 3.8) is 0 Å². The number of unbranched alkanes of at least 4 members (excludes halogenated alkanes) is 2. The third-order valence-electron chi connectivity index (χ3n) is 2.45. The monoisotopic (exact) mass is 278 g/mol. The van der Waals surface area contributed by atoms with E-state index in [1.807, 2.05) is 0 Å². The van der Waals surface area contributed by atoms with Crippen LogP contribution in [-0.2, 0) is 14.3 Å². The summed E-state index contributed by atoms with van der Waals surface area (Å²) in [7, 11) is 0. The highest BCUT2D eigenvalue weighted by Crippen LogP contribution is 2.08. The molecule has 0 aliphatic heterocycles. The molecule has 19 heavy (non-hydrogen) atoms. The highest BCUT2D eigenvalue weighted by Gasteiger charge is 2.11. The summed E-state index contributed by atoms with van der Waals surface area (Å²) in [6.07, 6.45) is -0.140. The Kier molecular flexibility index (Phi) is 10.1. The number of aliphatic carboxylic acids is 1. The molecule has 0 amide bonds. The molecule has 0 aromatic rings. The van der Waals surface area contributed by atoms with Crippen LogP contribution in [0.2, 0.25) is 0 Å². The van der Waals surface area contributed by atoms with Gasteiger partial charge in [0.1, 0.15) is 0 Å². The molecule has 4 N–H and O–H groups in total. The molecule has 0 spiro atoms. The molecule has 112 valence electrons. The van der Waals surface area contributed by atoms with E-state index in [2.05, 4.69) is 0 Å². The molecule has 0 radical (unpaired) electrons. The Morgan fingerprint density at radius 3 is 2.05 bits per heavy atom. The lowest BCUT2D eigenvalue weighted by Crippen LogP contribution is -2.17. The van der Waals surface area contributed by atoms with Crippen molar-refractivity contribution in [2.75, 3.05) is 0 Å². The molecule has 0 heterocycles. The molecule has 0 aromatic heterocycles. The maximum Gasteiger partial charge on any atom is 0.308 e. The van der Waals surface area contributed by atoms with Gasteiger partial charge in [-0.1, -0.05) is 0 Å². The lowest BCUT2D eigenvalue weighted by atomic mass is 10.2. The Bertz CT molecular complexity index is 265. The second-order valence-corrected chi connectivity index (χ2v) is 4.31. The number of aliphatic hydroxyl groups excluding tert-OH is 2. The van der Waals surface area contributed by atoms with E-state index >= 15 is 0 Å². The molecule has 0 saturated carbocycles. The minimum Gasteiger partial charge on any atom is -0.481 e. The first-order valence-corrected chi connectivity index (χ1v) is 6.37. The van der Waals surface area contributed by atoms with Gasteiger partial charge in [-0.15, -0.1) is 0 Å². The van der Waals surface area contributed by atoms with E-state index in [0.717, 1.165) is 0 Å². The van der Waals surface area contributed by atoms with Crippen LogP contribution in [0.5, 0.6) is 0 Å². The standard InChI is InChI=1S/C12H22O7/c13-9(14)5-1-3-7-11(17)19-12(18)8-4-2-6-10(15)16/h9,11,13-14,17H,1-8H2,(H,15,16). The number of esters is 1. The third kappa shape index (κ3) is 13.1. The van der Waals surface area contributed by atoms with Gasteiger partial charge in [-0.05, 0) is 32.1 Å². The Morgan fingerprint density at radius 1 is 0.895 bits per heavy atom. The van der Waals surface area contributed by atoms with Crippen LogP contribution in [0.1, 0.15) is 51.4 Å². The minimum absolute atomic E-state index is 0.0132. The SMILES string of the molecule is O=C(O)CCCCC(=O)OC(O)CCCCC(O)O. The van der Waals surface area contributed by atoms with Gasteiger partial charge in [0, 0.05) is 19.3 Å². The lowest BCUT2D eigenvalue weighted by molar-refractivity contribution is -0.169. The van der Waals surface area contributed by atoms with Crippen molar-refractivity contribution in [3.05, 3.63) is 0 Å². The van der Waals surface area contributed by atoms with Gasteiger partial charge < -0.3 is 25.2 Å². The molecule has 0 aliphatic rings. The number of hydrogen-bond donors (Lipinski definition) is 4. The van der Waals surface area contributed by atoms with Crippen molar-refractivity contribution < 1.29 is 34.8 Å². The molecular formula is C12H22O7. The van der Waals surface area contributed by atoms with Gasteiger partial charge in [0.15, 0.2) is 6.29 Å². The number of aliphatic hydroxyl groups is 3. The van der Waals surface area contributed by atoms with Crippen LogP contribution in [0.3, 0.4) is 0 Å². The van der Waals surface area contributed by atoms with Crippen molar-refractivity contribution in [1.29, 1.82) is 0 Å². The Balaban J connectivity index is 3.50. The smallest absolute Gasteiger partial charge is 0.308 e. The van der Waals surface area contributed by atoms with Gasteiger partial charge in [-0.25, -0.2) is 0 Å². The molecule has 0 bridgehead atoms. The number of carboxylic acid groups (broad SMARTS) is 1. The molecule has 7 heteroatoms. The Labute approximate surface area is 111 Å². The molecule has 0 aromatic carbocycles. The fourth-order valence-corrected chi connectivity index (χ4v) is 1.46. The van der Waals surface area contributed by atoms with Gasteiger partial charge in [0.2, 0.25) is 6.29 Å². The van der Waals surface area contributed by atoms with Crippen LogP contribution < -0.4 is 0 Å². The van der Waals surface area contributed by atoms with E-state index in [4.69, 9.17) is 20.1 Å². The summed E-state index contributed by atoms with van der Waals surface area (Å²) >= 11 is 0. The third-order valence-corrected chi connectivity index (χ3v) is 2.45. The normalized spacial score (nSPS) is 12.4. The maximum absolute atomic E-state index is 11.2. The largest absolute Gasteiger partial charge is 0.481 e. The topological polar surface area (TPSA) is 124 Å². The number of carbonyl (C=O) groups excluding carboxylic acids is 1. The number of carbonyl (C=O) groups is 2.